The molecule has 0 aromatic heterocycles. The Balaban J connectivity index is 1.47. The lowest BCUT2D eigenvalue weighted by Gasteiger charge is -2.29. The van der Waals surface area contributed by atoms with Crippen molar-refractivity contribution in [1.29, 1.82) is 0 Å². The van der Waals surface area contributed by atoms with E-state index in [1.165, 1.54) is 38.5 Å². The summed E-state index contributed by atoms with van der Waals surface area (Å²) in [6, 6.07) is 0.0535. The molecule has 3 heteroatoms. The van der Waals surface area contributed by atoms with Crippen molar-refractivity contribution in [3.8, 4) is 0 Å². The lowest BCUT2D eigenvalue weighted by molar-refractivity contribution is -0.125. The monoisotopic (exact) mass is 250 g/mol. The predicted octanol–water partition coefficient (Wildman–Crippen LogP) is 1.93. The molecule has 1 saturated heterocycles. The number of rotatable bonds is 5. The van der Waals surface area contributed by atoms with Gasteiger partial charge in [-0.3, -0.25) is 4.79 Å². The summed E-state index contributed by atoms with van der Waals surface area (Å²) in [5, 5.41) is 6.59. The number of hydrogen-bond donors (Lipinski definition) is 2. The van der Waals surface area contributed by atoms with Gasteiger partial charge >= 0.3 is 0 Å². The second-order valence-corrected chi connectivity index (χ2v) is 6.64. The summed E-state index contributed by atoms with van der Waals surface area (Å²) in [5.41, 5.74) is 0. The van der Waals surface area contributed by atoms with E-state index in [1.807, 2.05) is 0 Å². The Hall–Kier alpha value is -0.570. The van der Waals surface area contributed by atoms with Crippen molar-refractivity contribution in [2.45, 2.75) is 51.5 Å². The number of nitrogens with one attached hydrogen (secondary N) is 2. The third kappa shape index (κ3) is 2.87. The minimum Gasteiger partial charge on any atom is -0.354 e. The van der Waals surface area contributed by atoms with E-state index in [-0.39, 0.29) is 11.9 Å². The molecular weight excluding hydrogens is 224 g/mol. The van der Waals surface area contributed by atoms with Gasteiger partial charge in [0.1, 0.15) is 0 Å². The van der Waals surface area contributed by atoms with Gasteiger partial charge in [-0.2, -0.15) is 0 Å². The van der Waals surface area contributed by atoms with Crippen LogP contribution in [0.4, 0.5) is 0 Å². The number of carbonyl (C=O) groups is 1. The highest BCUT2D eigenvalue weighted by Gasteiger charge is 2.41. The molecule has 0 radical (unpaired) electrons. The molecule has 2 atom stereocenters. The largest absolute Gasteiger partial charge is 0.354 e. The molecule has 3 nitrogen and oxygen atoms in total. The Morgan fingerprint density at radius 1 is 1.22 bits per heavy atom. The molecule has 3 aliphatic rings. The van der Waals surface area contributed by atoms with Gasteiger partial charge in [-0.1, -0.05) is 6.92 Å². The van der Waals surface area contributed by atoms with E-state index < -0.39 is 0 Å². The zero-order valence-corrected chi connectivity index (χ0v) is 11.5. The summed E-state index contributed by atoms with van der Waals surface area (Å²) in [5.74, 6) is 3.37. The van der Waals surface area contributed by atoms with E-state index in [0.717, 1.165) is 30.8 Å². The van der Waals surface area contributed by atoms with Crippen molar-refractivity contribution < 1.29 is 4.79 Å². The van der Waals surface area contributed by atoms with Gasteiger partial charge in [-0.15, -0.1) is 0 Å². The molecule has 0 aromatic rings. The SMILES string of the molecule is CC1CCCNC1C(=O)NCC(C1CC1)C1CC1. The molecule has 102 valence electrons. The molecule has 1 aliphatic heterocycles. The Morgan fingerprint density at radius 2 is 1.89 bits per heavy atom. The predicted molar refractivity (Wildman–Crippen MR) is 72.1 cm³/mol. The lowest BCUT2D eigenvalue weighted by atomic mass is 9.91. The van der Waals surface area contributed by atoms with E-state index >= 15 is 0 Å². The molecule has 0 bridgehead atoms. The van der Waals surface area contributed by atoms with Crippen LogP contribution in [-0.4, -0.2) is 25.0 Å². The normalized spacial score (nSPS) is 32.6. The fraction of sp³-hybridized carbons (Fsp3) is 0.933. The van der Waals surface area contributed by atoms with E-state index in [9.17, 15) is 4.79 Å². The molecule has 3 fully saturated rings. The van der Waals surface area contributed by atoms with Crippen LogP contribution in [0.3, 0.4) is 0 Å². The standard InChI is InChI=1S/C15H26N2O/c1-10-3-2-8-16-14(10)15(18)17-9-13(11-4-5-11)12-6-7-12/h10-14,16H,2-9H2,1H3,(H,17,18). The smallest absolute Gasteiger partial charge is 0.237 e. The summed E-state index contributed by atoms with van der Waals surface area (Å²) >= 11 is 0. The Kier molecular flexibility index (Phi) is 3.60. The summed E-state index contributed by atoms with van der Waals surface area (Å²) in [6.45, 7) is 4.12. The van der Waals surface area contributed by atoms with Crippen LogP contribution in [0.25, 0.3) is 0 Å². The van der Waals surface area contributed by atoms with Crippen LogP contribution in [0.1, 0.15) is 45.4 Å². The zero-order chi connectivity index (χ0) is 12.5. The van der Waals surface area contributed by atoms with Crippen LogP contribution in [-0.2, 0) is 4.79 Å². The van der Waals surface area contributed by atoms with Gasteiger partial charge < -0.3 is 10.6 Å². The van der Waals surface area contributed by atoms with Crippen molar-refractivity contribution in [3.63, 3.8) is 0 Å². The quantitative estimate of drug-likeness (QED) is 0.783. The fourth-order valence-electron chi connectivity index (χ4n) is 3.50. The summed E-state index contributed by atoms with van der Waals surface area (Å²) in [6.07, 6.45) is 7.98. The maximum Gasteiger partial charge on any atom is 0.237 e. The molecule has 2 N–H and O–H groups in total. The van der Waals surface area contributed by atoms with Crippen LogP contribution < -0.4 is 10.6 Å². The molecule has 3 rings (SSSR count). The topological polar surface area (TPSA) is 41.1 Å². The molecule has 2 saturated carbocycles. The number of hydrogen-bond acceptors (Lipinski definition) is 2. The highest BCUT2D eigenvalue weighted by atomic mass is 16.2. The number of piperidine rings is 1. The van der Waals surface area contributed by atoms with E-state index in [1.54, 1.807) is 0 Å². The second kappa shape index (κ2) is 5.20. The molecule has 2 aliphatic carbocycles. The minimum absolute atomic E-state index is 0.0535. The maximum atomic E-state index is 12.2. The Morgan fingerprint density at radius 3 is 2.44 bits per heavy atom. The van der Waals surface area contributed by atoms with Gasteiger partial charge in [0.15, 0.2) is 0 Å². The number of amides is 1. The molecule has 18 heavy (non-hydrogen) atoms. The van der Waals surface area contributed by atoms with Crippen molar-refractivity contribution in [3.05, 3.63) is 0 Å². The van der Waals surface area contributed by atoms with Crippen molar-refractivity contribution in [2.24, 2.45) is 23.7 Å². The maximum absolute atomic E-state index is 12.2. The van der Waals surface area contributed by atoms with E-state index in [0.29, 0.717) is 5.92 Å². The van der Waals surface area contributed by atoms with Crippen molar-refractivity contribution >= 4 is 5.91 Å². The molecule has 1 heterocycles. The van der Waals surface area contributed by atoms with Crippen LogP contribution in [0.5, 0.6) is 0 Å². The Bertz CT molecular complexity index is 298. The van der Waals surface area contributed by atoms with Gasteiger partial charge in [0.05, 0.1) is 6.04 Å². The highest BCUT2D eigenvalue weighted by Crippen LogP contribution is 2.48. The van der Waals surface area contributed by atoms with Crippen LogP contribution in [0.15, 0.2) is 0 Å². The van der Waals surface area contributed by atoms with Gasteiger partial charge in [0.2, 0.25) is 5.91 Å². The van der Waals surface area contributed by atoms with Crippen LogP contribution >= 0.6 is 0 Å². The molecule has 1 amide bonds. The molecule has 2 unspecified atom stereocenters. The van der Waals surface area contributed by atoms with E-state index in [4.69, 9.17) is 0 Å². The fourth-order valence-corrected chi connectivity index (χ4v) is 3.50. The average molecular weight is 250 g/mol. The molecule has 0 spiro atoms. The second-order valence-electron chi connectivity index (χ2n) is 6.64. The van der Waals surface area contributed by atoms with Gasteiger partial charge in [-0.05, 0) is 68.7 Å². The summed E-state index contributed by atoms with van der Waals surface area (Å²) in [7, 11) is 0. The van der Waals surface area contributed by atoms with Crippen LogP contribution in [0.2, 0.25) is 0 Å². The lowest BCUT2D eigenvalue weighted by Crippen LogP contribution is -2.51. The first-order chi connectivity index (χ1) is 8.75. The average Bonchev–Trinajstić information content (AvgIpc) is 3.24. The highest BCUT2D eigenvalue weighted by molar-refractivity contribution is 5.82. The van der Waals surface area contributed by atoms with Gasteiger partial charge in [-0.25, -0.2) is 0 Å². The van der Waals surface area contributed by atoms with Gasteiger partial charge in [0.25, 0.3) is 0 Å². The van der Waals surface area contributed by atoms with Crippen molar-refractivity contribution in [1.82, 2.24) is 10.6 Å². The minimum atomic E-state index is 0.0535. The third-order valence-electron chi connectivity index (χ3n) is 5.02. The molecule has 0 aromatic carbocycles. The Labute approximate surface area is 110 Å². The first kappa shape index (κ1) is 12.5. The first-order valence-corrected chi connectivity index (χ1v) is 7.77. The zero-order valence-electron chi connectivity index (χ0n) is 11.5. The number of carbonyl (C=O) groups excluding carboxylic acids is 1. The first-order valence-electron chi connectivity index (χ1n) is 7.77. The van der Waals surface area contributed by atoms with Crippen LogP contribution in [0, 0.1) is 23.7 Å². The third-order valence-corrected chi connectivity index (χ3v) is 5.02. The van der Waals surface area contributed by atoms with Gasteiger partial charge in [0, 0.05) is 6.54 Å². The van der Waals surface area contributed by atoms with Crippen molar-refractivity contribution in [2.75, 3.05) is 13.1 Å². The summed E-state index contributed by atoms with van der Waals surface area (Å²) < 4.78 is 0. The molecular formula is C15H26N2O. The van der Waals surface area contributed by atoms with E-state index in [2.05, 4.69) is 17.6 Å². The summed E-state index contributed by atoms with van der Waals surface area (Å²) in [4.78, 5) is 12.2.